The first-order valence-electron chi connectivity index (χ1n) is 9.21. The van der Waals surface area contributed by atoms with Crippen LogP contribution in [0, 0.1) is 5.82 Å². The standard InChI is InChI=1S/C21H20FN3O3/c22-16-7-5-15(6-8-16)20-14-24(11-12-28-20)21(27)9-10-25-18-4-2-1-3-17(18)19(26)13-23-25/h1-8,13,20H,9-12,14H2. The van der Waals surface area contributed by atoms with E-state index in [2.05, 4.69) is 5.10 Å². The highest BCUT2D eigenvalue weighted by Crippen LogP contribution is 2.23. The van der Waals surface area contributed by atoms with E-state index in [0.717, 1.165) is 5.56 Å². The Morgan fingerprint density at radius 2 is 1.96 bits per heavy atom. The molecule has 0 N–H and O–H groups in total. The van der Waals surface area contributed by atoms with Crippen molar-refractivity contribution in [3.63, 3.8) is 0 Å². The zero-order valence-corrected chi connectivity index (χ0v) is 15.3. The maximum absolute atomic E-state index is 13.1. The van der Waals surface area contributed by atoms with Gasteiger partial charge in [-0.2, -0.15) is 5.10 Å². The molecule has 1 atom stereocenters. The molecular formula is C21H20FN3O3. The van der Waals surface area contributed by atoms with Crippen LogP contribution in [0.15, 0.2) is 59.5 Å². The van der Waals surface area contributed by atoms with E-state index >= 15 is 0 Å². The number of amides is 1. The van der Waals surface area contributed by atoms with Gasteiger partial charge in [0.25, 0.3) is 0 Å². The van der Waals surface area contributed by atoms with E-state index in [4.69, 9.17) is 4.74 Å². The fraction of sp³-hybridized carbons (Fsp3) is 0.286. The fourth-order valence-electron chi connectivity index (χ4n) is 3.45. The van der Waals surface area contributed by atoms with Crippen molar-refractivity contribution in [2.24, 2.45) is 0 Å². The number of carbonyl (C=O) groups excluding carboxylic acids is 1. The number of fused-ring (bicyclic) bond motifs is 1. The number of ether oxygens (including phenoxy) is 1. The first kappa shape index (κ1) is 18.3. The number of hydrogen-bond donors (Lipinski definition) is 0. The summed E-state index contributed by atoms with van der Waals surface area (Å²) in [6.45, 7) is 1.78. The zero-order valence-electron chi connectivity index (χ0n) is 15.3. The molecule has 4 rings (SSSR count). The maximum Gasteiger partial charge on any atom is 0.224 e. The van der Waals surface area contributed by atoms with Crippen molar-refractivity contribution in [1.29, 1.82) is 0 Å². The number of benzene rings is 2. The van der Waals surface area contributed by atoms with Crippen LogP contribution in [-0.4, -0.2) is 40.3 Å². The average molecular weight is 381 g/mol. The van der Waals surface area contributed by atoms with Gasteiger partial charge in [-0.15, -0.1) is 0 Å². The van der Waals surface area contributed by atoms with Gasteiger partial charge in [0, 0.05) is 18.4 Å². The number of para-hydroxylation sites is 1. The van der Waals surface area contributed by atoms with Gasteiger partial charge in [-0.1, -0.05) is 24.3 Å². The third-order valence-electron chi connectivity index (χ3n) is 4.96. The van der Waals surface area contributed by atoms with Crippen molar-refractivity contribution in [2.75, 3.05) is 19.7 Å². The smallest absolute Gasteiger partial charge is 0.224 e. The largest absolute Gasteiger partial charge is 0.370 e. The van der Waals surface area contributed by atoms with E-state index in [0.29, 0.717) is 37.1 Å². The van der Waals surface area contributed by atoms with Crippen LogP contribution in [0.3, 0.4) is 0 Å². The number of morpholine rings is 1. The Morgan fingerprint density at radius 1 is 1.18 bits per heavy atom. The van der Waals surface area contributed by atoms with Crippen LogP contribution >= 0.6 is 0 Å². The van der Waals surface area contributed by atoms with Crippen LogP contribution in [0.4, 0.5) is 4.39 Å². The van der Waals surface area contributed by atoms with Gasteiger partial charge in [0.15, 0.2) is 0 Å². The third kappa shape index (κ3) is 3.80. The van der Waals surface area contributed by atoms with Gasteiger partial charge in [-0.3, -0.25) is 14.3 Å². The first-order valence-corrected chi connectivity index (χ1v) is 9.21. The van der Waals surface area contributed by atoms with Gasteiger partial charge in [-0.25, -0.2) is 4.39 Å². The first-order chi connectivity index (χ1) is 13.6. The molecule has 6 nitrogen and oxygen atoms in total. The van der Waals surface area contributed by atoms with E-state index in [1.807, 2.05) is 18.2 Å². The highest BCUT2D eigenvalue weighted by molar-refractivity contribution is 5.79. The molecule has 7 heteroatoms. The van der Waals surface area contributed by atoms with E-state index in [-0.39, 0.29) is 29.7 Å². The molecule has 144 valence electrons. The van der Waals surface area contributed by atoms with Crippen LogP contribution in [0.25, 0.3) is 10.9 Å². The van der Waals surface area contributed by atoms with Crippen molar-refractivity contribution < 1.29 is 13.9 Å². The summed E-state index contributed by atoms with van der Waals surface area (Å²) in [5.74, 6) is -0.298. The Bertz CT molecular complexity index is 1050. The van der Waals surface area contributed by atoms with Gasteiger partial charge >= 0.3 is 0 Å². The van der Waals surface area contributed by atoms with E-state index in [9.17, 15) is 14.0 Å². The van der Waals surface area contributed by atoms with Crippen LogP contribution in [0.5, 0.6) is 0 Å². The predicted molar refractivity (Wildman–Crippen MR) is 102 cm³/mol. The van der Waals surface area contributed by atoms with E-state index in [1.54, 1.807) is 27.8 Å². The molecule has 1 aliphatic rings. The van der Waals surface area contributed by atoms with Crippen LogP contribution in [0.1, 0.15) is 18.1 Å². The van der Waals surface area contributed by atoms with Crippen molar-refractivity contribution in [1.82, 2.24) is 14.7 Å². The molecule has 0 bridgehead atoms. The quantitative estimate of drug-likeness (QED) is 0.697. The number of halogens is 1. The Balaban J connectivity index is 1.43. The van der Waals surface area contributed by atoms with Crippen molar-refractivity contribution in [3.8, 4) is 0 Å². The normalized spacial score (nSPS) is 17.0. The summed E-state index contributed by atoms with van der Waals surface area (Å²) < 4.78 is 20.6. The lowest BCUT2D eigenvalue weighted by Gasteiger charge is -2.33. The minimum Gasteiger partial charge on any atom is -0.370 e. The summed E-state index contributed by atoms with van der Waals surface area (Å²) in [6.07, 6.45) is 1.30. The lowest BCUT2D eigenvalue weighted by Crippen LogP contribution is -2.42. The number of hydrogen-bond acceptors (Lipinski definition) is 4. The van der Waals surface area contributed by atoms with Crippen LogP contribution < -0.4 is 5.43 Å². The second-order valence-electron chi connectivity index (χ2n) is 6.75. The molecule has 0 spiro atoms. The molecule has 1 fully saturated rings. The maximum atomic E-state index is 13.1. The summed E-state index contributed by atoms with van der Waals surface area (Å²) in [5.41, 5.74) is 1.44. The van der Waals surface area contributed by atoms with Gasteiger partial charge < -0.3 is 9.64 Å². The van der Waals surface area contributed by atoms with Gasteiger partial charge in [0.1, 0.15) is 11.9 Å². The highest BCUT2D eigenvalue weighted by atomic mass is 19.1. The van der Waals surface area contributed by atoms with Gasteiger partial charge in [0.2, 0.25) is 11.3 Å². The molecule has 28 heavy (non-hydrogen) atoms. The number of aryl methyl sites for hydroxylation is 1. The van der Waals surface area contributed by atoms with Gasteiger partial charge in [0.05, 0.1) is 31.4 Å². The molecule has 1 unspecified atom stereocenters. The minimum absolute atomic E-state index is 0.00000667. The fourth-order valence-corrected chi connectivity index (χ4v) is 3.45. The molecule has 1 aromatic heterocycles. The lowest BCUT2D eigenvalue weighted by atomic mass is 10.1. The average Bonchev–Trinajstić information content (AvgIpc) is 2.74. The molecule has 1 amide bonds. The SMILES string of the molecule is O=C(CCn1ncc(=O)c2ccccc21)N1CCOC(c2ccc(F)cc2)C1. The summed E-state index contributed by atoms with van der Waals surface area (Å²) in [5, 5.41) is 4.76. The molecule has 0 radical (unpaired) electrons. The molecule has 0 aliphatic carbocycles. The predicted octanol–water partition coefficient (Wildman–Crippen LogP) is 2.53. The number of rotatable bonds is 4. The summed E-state index contributed by atoms with van der Waals surface area (Å²) in [4.78, 5) is 26.4. The Kier molecular flexibility index (Phi) is 5.16. The molecule has 2 aromatic carbocycles. The monoisotopic (exact) mass is 381 g/mol. The second-order valence-corrected chi connectivity index (χ2v) is 6.75. The molecular weight excluding hydrogens is 361 g/mol. The van der Waals surface area contributed by atoms with Gasteiger partial charge in [-0.05, 0) is 29.8 Å². The third-order valence-corrected chi connectivity index (χ3v) is 4.96. The summed E-state index contributed by atoms with van der Waals surface area (Å²) in [7, 11) is 0. The molecule has 3 aromatic rings. The number of carbonyl (C=O) groups is 1. The molecule has 1 saturated heterocycles. The summed E-state index contributed by atoms with van der Waals surface area (Å²) in [6, 6.07) is 13.4. The molecule has 2 heterocycles. The van der Waals surface area contributed by atoms with Crippen molar-refractivity contribution in [2.45, 2.75) is 19.1 Å². The second kappa shape index (κ2) is 7.90. The Labute approximate surface area is 161 Å². The highest BCUT2D eigenvalue weighted by Gasteiger charge is 2.25. The zero-order chi connectivity index (χ0) is 19.5. The number of aromatic nitrogens is 2. The molecule has 0 saturated carbocycles. The Hall–Kier alpha value is -3.06. The topological polar surface area (TPSA) is 64.4 Å². The molecule has 1 aliphatic heterocycles. The Morgan fingerprint density at radius 3 is 2.79 bits per heavy atom. The van der Waals surface area contributed by atoms with Crippen LogP contribution in [-0.2, 0) is 16.1 Å². The van der Waals surface area contributed by atoms with Crippen molar-refractivity contribution in [3.05, 3.63) is 76.3 Å². The summed E-state index contributed by atoms with van der Waals surface area (Å²) >= 11 is 0. The van der Waals surface area contributed by atoms with E-state index < -0.39 is 0 Å². The number of nitrogens with zero attached hydrogens (tertiary/aromatic N) is 3. The van der Waals surface area contributed by atoms with Crippen molar-refractivity contribution >= 4 is 16.8 Å². The van der Waals surface area contributed by atoms with E-state index in [1.165, 1.54) is 18.3 Å². The lowest BCUT2D eigenvalue weighted by molar-refractivity contribution is -0.139. The van der Waals surface area contributed by atoms with Crippen LogP contribution in [0.2, 0.25) is 0 Å². The minimum atomic E-state index is -0.298.